The molecule has 2 aromatic carbocycles. The lowest BCUT2D eigenvalue weighted by molar-refractivity contribution is -0.118. The zero-order valence-corrected chi connectivity index (χ0v) is 19.7. The molecule has 2 N–H and O–H groups in total. The van der Waals surface area contributed by atoms with Crippen molar-refractivity contribution in [2.24, 2.45) is 12.1 Å². The summed E-state index contributed by atoms with van der Waals surface area (Å²) in [5, 5.41) is 16.5. The van der Waals surface area contributed by atoms with Crippen LogP contribution < -0.4 is 10.7 Å². The Morgan fingerprint density at radius 2 is 1.87 bits per heavy atom. The van der Waals surface area contributed by atoms with Crippen molar-refractivity contribution in [1.29, 1.82) is 0 Å². The summed E-state index contributed by atoms with van der Waals surface area (Å²) >= 11 is 4.70. The lowest BCUT2D eigenvalue weighted by Gasteiger charge is -2.14. The highest BCUT2D eigenvalue weighted by Crippen LogP contribution is 2.23. The van der Waals surface area contributed by atoms with Gasteiger partial charge in [-0.1, -0.05) is 39.8 Å². The average Bonchev–Trinajstić information content (AvgIpc) is 3.13. The van der Waals surface area contributed by atoms with E-state index in [4.69, 9.17) is 0 Å². The number of nitrogens with zero attached hydrogens (tertiary/aromatic N) is 4. The van der Waals surface area contributed by atoms with Gasteiger partial charge in [-0.05, 0) is 55.8 Å². The zero-order chi connectivity index (χ0) is 22.4. The van der Waals surface area contributed by atoms with E-state index in [9.17, 15) is 9.18 Å². The van der Waals surface area contributed by atoms with Crippen LogP contribution in [0.1, 0.15) is 31.3 Å². The van der Waals surface area contributed by atoms with Crippen LogP contribution in [0.25, 0.3) is 0 Å². The standard InChI is InChI=1S/C21H22BrFN6OS/c1-13(15-4-8-17(23)9-5-15)25-26-19(30)12-31-21-28-27-20(29(21)3)14(2)24-18-10-6-16(22)7-11-18/h4-11,14,24H,12H2,1-3H3,(H,26,30)/b25-13+/t14-/m0/s1. The van der Waals surface area contributed by atoms with Crippen molar-refractivity contribution >= 4 is 45.0 Å². The topological polar surface area (TPSA) is 84.2 Å². The number of carbonyl (C=O) groups is 1. The number of rotatable bonds is 8. The first-order chi connectivity index (χ1) is 14.8. The summed E-state index contributed by atoms with van der Waals surface area (Å²) in [6.45, 7) is 3.75. The van der Waals surface area contributed by atoms with E-state index >= 15 is 0 Å². The van der Waals surface area contributed by atoms with Crippen molar-refractivity contribution in [3.63, 3.8) is 0 Å². The molecule has 1 atom stereocenters. The second kappa shape index (κ2) is 10.5. The van der Waals surface area contributed by atoms with Crippen LogP contribution >= 0.6 is 27.7 Å². The molecule has 0 radical (unpaired) electrons. The smallest absolute Gasteiger partial charge is 0.250 e. The number of hydrogen-bond donors (Lipinski definition) is 2. The summed E-state index contributed by atoms with van der Waals surface area (Å²) in [5.41, 5.74) is 4.81. The van der Waals surface area contributed by atoms with Crippen LogP contribution in [0, 0.1) is 5.82 Å². The average molecular weight is 505 g/mol. The van der Waals surface area contributed by atoms with Gasteiger partial charge in [0.25, 0.3) is 5.91 Å². The van der Waals surface area contributed by atoms with Gasteiger partial charge >= 0.3 is 0 Å². The van der Waals surface area contributed by atoms with E-state index < -0.39 is 0 Å². The summed E-state index contributed by atoms with van der Waals surface area (Å²) in [5.74, 6) is 0.315. The van der Waals surface area contributed by atoms with Gasteiger partial charge in [0, 0.05) is 17.2 Å². The summed E-state index contributed by atoms with van der Waals surface area (Å²) in [7, 11) is 1.87. The quantitative estimate of drug-likeness (QED) is 0.267. The van der Waals surface area contributed by atoms with Crippen LogP contribution in [0.15, 0.2) is 63.3 Å². The fourth-order valence-corrected chi connectivity index (χ4v) is 3.73. The summed E-state index contributed by atoms with van der Waals surface area (Å²) in [4.78, 5) is 12.2. The van der Waals surface area contributed by atoms with Crippen molar-refractivity contribution in [3.05, 3.63) is 70.2 Å². The van der Waals surface area contributed by atoms with E-state index in [2.05, 4.69) is 42.0 Å². The maximum atomic E-state index is 13.0. The first kappa shape index (κ1) is 23.0. The SMILES string of the molecule is C/C(=N\NC(=O)CSc1nnc([C@H](C)Nc2ccc(Br)cc2)n1C)c1ccc(F)cc1. The molecule has 1 aromatic heterocycles. The number of carbonyl (C=O) groups excluding carboxylic acids is 1. The van der Waals surface area contributed by atoms with E-state index in [0.29, 0.717) is 10.9 Å². The lowest BCUT2D eigenvalue weighted by atomic mass is 10.1. The molecule has 3 aromatic rings. The van der Waals surface area contributed by atoms with Crippen molar-refractivity contribution < 1.29 is 9.18 Å². The van der Waals surface area contributed by atoms with Crippen molar-refractivity contribution in [2.45, 2.75) is 25.0 Å². The molecule has 31 heavy (non-hydrogen) atoms. The summed E-state index contributed by atoms with van der Waals surface area (Å²) in [6.07, 6.45) is 0. The minimum Gasteiger partial charge on any atom is -0.375 e. The van der Waals surface area contributed by atoms with Gasteiger partial charge in [-0.25, -0.2) is 9.82 Å². The van der Waals surface area contributed by atoms with Crippen LogP contribution in [0.3, 0.4) is 0 Å². The van der Waals surface area contributed by atoms with Gasteiger partial charge in [0.15, 0.2) is 11.0 Å². The Morgan fingerprint density at radius 3 is 2.55 bits per heavy atom. The number of halogens is 2. The van der Waals surface area contributed by atoms with Gasteiger partial charge in [0.2, 0.25) is 0 Å². The molecule has 3 rings (SSSR count). The number of amides is 1. The van der Waals surface area contributed by atoms with E-state index in [-0.39, 0.29) is 23.5 Å². The second-order valence-corrected chi connectivity index (χ2v) is 8.66. The van der Waals surface area contributed by atoms with Crippen molar-refractivity contribution in [2.75, 3.05) is 11.1 Å². The monoisotopic (exact) mass is 504 g/mol. The number of aromatic nitrogens is 3. The van der Waals surface area contributed by atoms with Gasteiger partial charge in [-0.3, -0.25) is 4.79 Å². The molecule has 0 spiro atoms. The number of hydrogen-bond acceptors (Lipinski definition) is 6. The molecule has 0 aliphatic rings. The van der Waals surface area contributed by atoms with Gasteiger partial charge in [0.1, 0.15) is 5.82 Å². The van der Waals surface area contributed by atoms with Gasteiger partial charge in [0.05, 0.1) is 17.5 Å². The van der Waals surface area contributed by atoms with Gasteiger partial charge in [-0.2, -0.15) is 5.10 Å². The molecule has 1 amide bonds. The lowest BCUT2D eigenvalue weighted by Crippen LogP contribution is -2.21. The highest BCUT2D eigenvalue weighted by Gasteiger charge is 2.16. The minimum absolute atomic E-state index is 0.0650. The highest BCUT2D eigenvalue weighted by atomic mass is 79.9. The Hall–Kier alpha value is -2.72. The number of nitrogens with one attached hydrogen (secondary N) is 2. The van der Waals surface area contributed by atoms with Crippen molar-refractivity contribution in [3.8, 4) is 0 Å². The molecular formula is C21H22BrFN6OS. The number of benzene rings is 2. The molecular weight excluding hydrogens is 483 g/mol. The fraction of sp³-hybridized carbons (Fsp3) is 0.238. The molecule has 7 nitrogen and oxygen atoms in total. The van der Waals surface area contributed by atoms with Crippen LogP contribution in [-0.4, -0.2) is 32.1 Å². The van der Waals surface area contributed by atoms with Crippen LogP contribution in [0.2, 0.25) is 0 Å². The van der Waals surface area contributed by atoms with E-state index in [0.717, 1.165) is 21.5 Å². The molecule has 0 bridgehead atoms. The third kappa shape index (κ3) is 6.38. The molecule has 0 aliphatic heterocycles. The molecule has 0 aliphatic carbocycles. The molecule has 1 heterocycles. The largest absolute Gasteiger partial charge is 0.375 e. The highest BCUT2D eigenvalue weighted by molar-refractivity contribution is 9.10. The molecule has 0 unspecified atom stereocenters. The Kier molecular flexibility index (Phi) is 7.80. The molecule has 0 fully saturated rings. The van der Waals surface area contributed by atoms with Crippen LogP contribution in [0.5, 0.6) is 0 Å². The Morgan fingerprint density at radius 1 is 1.19 bits per heavy atom. The predicted molar refractivity (Wildman–Crippen MR) is 125 cm³/mol. The van der Waals surface area contributed by atoms with Gasteiger partial charge in [-0.15, -0.1) is 10.2 Å². The number of anilines is 1. The van der Waals surface area contributed by atoms with E-state index in [1.54, 1.807) is 19.1 Å². The van der Waals surface area contributed by atoms with E-state index in [1.807, 2.05) is 42.8 Å². The molecule has 10 heteroatoms. The Balaban J connectivity index is 1.54. The maximum absolute atomic E-state index is 13.0. The van der Waals surface area contributed by atoms with Crippen LogP contribution in [0.4, 0.5) is 10.1 Å². The normalized spacial score (nSPS) is 12.5. The third-order valence-electron chi connectivity index (χ3n) is 4.43. The first-order valence-corrected chi connectivity index (χ1v) is 11.2. The Bertz CT molecular complexity index is 1070. The van der Waals surface area contributed by atoms with Gasteiger partial charge < -0.3 is 9.88 Å². The first-order valence-electron chi connectivity index (χ1n) is 9.46. The molecule has 162 valence electrons. The zero-order valence-electron chi connectivity index (χ0n) is 17.3. The Labute approximate surface area is 192 Å². The fourth-order valence-electron chi connectivity index (χ4n) is 2.75. The van der Waals surface area contributed by atoms with Crippen molar-refractivity contribution in [1.82, 2.24) is 20.2 Å². The second-order valence-electron chi connectivity index (χ2n) is 6.80. The maximum Gasteiger partial charge on any atom is 0.250 e. The minimum atomic E-state index is -0.318. The number of hydrazone groups is 1. The molecule has 0 saturated heterocycles. The summed E-state index contributed by atoms with van der Waals surface area (Å²) in [6, 6.07) is 13.7. The van der Waals surface area contributed by atoms with Crippen LogP contribution in [-0.2, 0) is 11.8 Å². The predicted octanol–water partition coefficient (Wildman–Crippen LogP) is 4.52. The molecule has 0 saturated carbocycles. The summed E-state index contributed by atoms with van der Waals surface area (Å²) < 4.78 is 15.9. The number of thioether (sulfide) groups is 1. The van der Waals surface area contributed by atoms with E-state index in [1.165, 1.54) is 23.9 Å². The third-order valence-corrected chi connectivity index (χ3v) is 5.97.